The molecule has 2 aromatic carbocycles. The number of anilines is 1. The second-order valence-corrected chi connectivity index (χ2v) is 7.32. The second kappa shape index (κ2) is 8.12. The highest BCUT2D eigenvalue weighted by Gasteiger charge is 2.26. The lowest BCUT2D eigenvalue weighted by molar-refractivity contribution is 0.373. The number of nitrogens with one attached hydrogen (secondary N) is 1. The van der Waals surface area contributed by atoms with Gasteiger partial charge in [-0.05, 0) is 30.3 Å². The monoisotopic (exact) mass is 417 g/mol. The summed E-state index contributed by atoms with van der Waals surface area (Å²) < 4.78 is 49.0. The van der Waals surface area contributed by atoms with Crippen LogP contribution in [-0.4, -0.2) is 34.9 Å². The molecule has 0 saturated carbocycles. The van der Waals surface area contributed by atoms with Gasteiger partial charge in [0, 0.05) is 7.49 Å². The summed E-state index contributed by atoms with van der Waals surface area (Å²) in [4.78, 5) is -0.168. The first-order valence-corrected chi connectivity index (χ1v) is 9.71. The Morgan fingerprint density at radius 2 is 1.69 bits per heavy atom. The lowest BCUT2D eigenvalue weighted by Gasteiger charge is -2.13. The Balaban J connectivity index is 0.00000320. The Labute approximate surface area is 168 Å². The van der Waals surface area contributed by atoms with Crippen LogP contribution in [-0.2, 0) is 10.0 Å². The van der Waals surface area contributed by atoms with Crippen LogP contribution in [0.25, 0.3) is 11.3 Å². The largest absolute Gasteiger partial charge is 0.496 e. The number of sulfonamides is 1. The van der Waals surface area contributed by atoms with E-state index in [0.717, 1.165) is 0 Å². The maximum absolute atomic E-state index is 12.9. The van der Waals surface area contributed by atoms with E-state index in [9.17, 15) is 8.42 Å². The second-order valence-electron chi connectivity index (χ2n) is 5.70. The number of nitriles is 1. The number of methoxy groups -OCH3 is 3. The molecule has 0 unspecified atom stereocenters. The summed E-state index contributed by atoms with van der Waals surface area (Å²) in [7, 11) is 0.0839. The molecule has 3 aromatic rings. The summed E-state index contributed by atoms with van der Waals surface area (Å²) in [6.07, 6.45) is 0. The maximum Gasteiger partial charge on any atom is 0.270 e. The van der Waals surface area contributed by atoms with Crippen LogP contribution in [0.4, 0.5) is 5.82 Å². The van der Waals surface area contributed by atoms with Crippen molar-refractivity contribution in [3.8, 4) is 34.6 Å². The van der Waals surface area contributed by atoms with Crippen molar-refractivity contribution < 1.29 is 28.6 Å². The summed E-state index contributed by atoms with van der Waals surface area (Å²) in [6.45, 7) is 0. The van der Waals surface area contributed by atoms with Crippen molar-refractivity contribution in [1.82, 2.24) is 5.16 Å². The highest BCUT2D eigenvalue weighted by molar-refractivity contribution is 7.93. The average Bonchev–Trinajstić information content (AvgIpc) is 3.19. The van der Waals surface area contributed by atoms with Gasteiger partial charge >= 0.3 is 0 Å². The van der Waals surface area contributed by atoms with Gasteiger partial charge in [0.25, 0.3) is 10.0 Å². The van der Waals surface area contributed by atoms with E-state index in [0.29, 0.717) is 16.9 Å². The molecule has 0 bridgehead atoms. The molecule has 0 fully saturated rings. The lowest BCUT2D eigenvalue weighted by Crippen LogP contribution is -2.15. The van der Waals surface area contributed by atoms with Crippen molar-refractivity contribution in [3.05, 3.63) is 48.0 Å². The number of hydrogen-bond acceptors (Lipinski definition) is 8. The predicted octanol–water partition coefficient (Wildman–Crippen LogP) is 3.29. The zero-order valence-corrected chi connectivity index (χ0v) is 16.6. The van der Waals surface area contributed by atoms with E-state index in [-0.39, 0.29) is 29.4 Å². The third-order valence-corrected chi connectivity index (χ3v) is 5.41. The fourth-order valence-electron chi connectivity index (χ4n) is 2.69. The first kappa shape index (κ1) is 20.0. The molecule has 1 N–H and O–H groups in total. The summed E-state index contributed by atoms with van der Waals surface area (Å²) in [5.41, 5.74) is 0.845. The molecule has 0 saturated heterocycles. The summed E-state index contributed by atoms with van der Waals surface area (Å²) >= 11 is 0. The molecule has 0 spiro atoms. The molecule has 3 rings (SSSR count). The van der Waals surface area contributed by atoms with Gasteiger partial charge in [-0.15, -0.1) is 0 Å². The van der Waals surface area contributed by atoms with Crippen LogP contribution in [0, 0.1) is 11.3 Å². The van der Waals surface area contributed by atoms with Gasteiger partial charge in [-0.1, -0.05) is 11.2 Å². The minimum atomic E-state index is -4.10. The third-order valence-electron chi connectivity index (χ3n) is 3.99. The number of ether oxygens (including phenoxy) is 3. The molecule has 0 aliphatic heterocycles. The summed E-state index contributed by atoms with van der Waals surface area (Å²) in [5, 5.41) is 12.9. The maximum atomic E-state index is 12.9. The molecular weight excluding hydrogens is 398 g/mol. The van der Waals surface area contributed by atoms with Gasteiger partial charge in [0.05, 0.1) is 38.5 Å². The number of hydrogen-bond donors (Lipinski definition) is 1. The van der Waals surface area contributed by atoms with E-state index >= 15 is 0 Å². The molecule has 10 heteroatoms. The van der Waals surface area contributed by atoms with E-state index in [2.05, 4.69) is 9.88 Å². The SMILES string of the molecule is COc1ccc(C#N)cc1-c1cc(NS(=O)(=O)c2c(OC)cccc2OC)no1.[HH]. The van der Waals surface area contributed by atoms with Crippen LogP contribution in [0.3, 0.4) is 0 Å². The molecule has 1 aromatic heterocycles. The van der Waals surface area contributed by atoms with Crippen LogP contribution in [0.1, 0.15) is 6.99 Å². The molecule has 9 nitrogen and oxygen atoms in total. The Morgan fingerprint density at radius 3 is 2.28 bits per heavy atom. The lowest BCUT2D eigenvalue weighted by atomic mass is 10.1. The number of nitrogens with zero attached hydrogens (tertiary/aromatic N) is 2. The van der Waals surface area contributed by atoms with Gasteiger partial charge in [-0.3, -0.25) is 4.72 Å². The molecule has 0 atom stereocenters. The van der Waals surface area contributed by atoms with Crippen LogP contribution in [0.15, 0.2) is 51.9 Å². The Kier molecular flexibility index (Phi) is 5.61. The van der Waals surface area contributed by atoms with Crippen molar-refractivity contribution in [1.29, 1.82) is 5.26 Å². The fourth-order valence-corrected chi connectivity index (χ4v) is 4.00. The van der Waals surface area contributed by atoms with E-state index in [1.165, 1.54) is 39.5 Å². The fraction of sp³-hybridized carbons (Fsp3) is 0.158. The van der Waals surface area contributed by atoms with Crippen molar-refractivity contribution in [3.63, 3.8) is 0 Å². The quantitative estimate of drug-likeness (QED) is 0.621. The van der Waals surface area contributed by atoms with Gasteiger partial charge in [0.2, 0.25) is 0 Å². The van der Waals surface area contributed by atoms with Crippen LogP contribution < -0.4 is 18.9 Å². The zero-order valence-electron chi connectivity index (χ0n) is 15.8. The van der Waals surface area contributed by atoms with Gasteiger partial charge in [-0.2, -0.15) is 5.26 Å². The number of aromatic nitrogens is 1. The molecular formula is C19H19N3O6S. The summed E-state index contributed by atoms with van der Waals surface area (Å²) in [5.74, 6) is 0.842. The van der Waals surface area contributed by atoms with E-state index in [4.69, 9.17) is 24.0 Å². The third kappa shape index (κ3) is 3.95. The number of rotatable bonds is 7. The smallest absolute Gasteiger partial charge is 0.270 e. The minimum absolute atomic E-state index is 0. The van der Waals surface area contributed by atoms with E-state index < -0.39 is 10.0 Å². The highest BCUT2D eigenvalue weighted by atomic mass is 32.2. The van der Waals surface area contributed by atoms with Crippen LogP contribution in [0.5, 0.6) is 17.2 Å². The van der Waals surface area contributed by atoms with E-state index in [1.54, 1.807) is 24.3 Å². The van der Waals surface area contributed by atoms with Gasteiger partial charge < -0.3 is 18.7 Å². The molecule has 152 valence electrons. The van der Waals surface area contributed by atoms with Gasteiger partial charge in [-0.25, -0.2) is 8.42 Å². The van der Waals surface area contributed by atoms with Crippen molar-refractivity contribution in [2.75, 3.05) is 26.1 Å². The average molecular weight is 417 g/mol. The highest BCUT2D eigenvalue weighted by Crippen LogP contribution is 2.36. The number of benzene rings is 2. The van der Waals surface area contributed by atoms with Crippen LogP contribution >= 0.6 is 0 Å². The van der Waals surface area contributed by atoms with Gasteiger partial charge in [0.15, 0.2) is 16.5 Å². The first-order chi connectivity index (χ1) is 13.9. The molecule has 0 aliphatic rings. The standard InChI is InChI=1S/C19H17N3O6S.H2/c1-25-14-8-7-12(11-20)9-13(14)17-10-18(21-28-17)22-29(23,24)19-15(26-2)5-4-6-16(19)27-3;/h4-10H,1-3H3,(H,21,22);1H. The molecule has 29 heavy (non-hydrogen) atoms. The summed E-state index contributed by atoms with van der Waals surface area (Å²) in [6, 6.07) is 12.8. The van der Waals surface area contributed by atoms with Crippen LogP contribution in [0.2, 0.25) is 0 Å². The zero-order chi connectivity index (χ0) is 21.0. The van der Waals surface area contributed by atoms with Gasteiger partial charge in [0.1, 0.15) is 17.2 Å². The minimum Gasteiger partial charge on any atom is -0.496 e. The van der Waals surface area contributed by atoms with E-state index in [1.807, 2.05) is 6.07 Å². The Hall–Kier alpha value is -3.71. The Bertz CT molecular complexity index is 1160. The molecule has 0 aliphatic carbocycles. The topological polar surface area (TPSA) is 124 Å². The molecule has 0 radical (unpaired) electrons. The molecule has 0 amide bonds. The normalized spacial score (nSPS) is 10.8. The van der Waals surface area contributed by atoms with Crippen molar-refractivity contribution >= 4 is 15.8 Å². The first-order valence-electron chi connectivity index (χ1n) is 8.22. The van der Waals surface area contributed by atoms with Crippen molar-refractivity contribution in [2.45, 2.75) is 4.90 Å². The predicted molar refractivity (Wildman–Crippen MR) is 106 cm³/mol. The molecule has 1 heterocycles. The Morgan fingerprint density at radius 1 is 1.03 bits per heavy atom. The van der Waals surface area contributed by atoms with Crippen molar-refractivity contribution in [2.24, 2.45) is 0 Å².